The zero-order valence-electron chi connectivity index (χ0n) is 14.2. The molecule has 4 nitrogen and oxygen atoms in total. The first-order chi connectivity index (χ1) is 11.7. The molecule has 1 aliphatic heterocycles. The van der Waals surface area contributed by atoms with E-state index in [0.717, 1.165) is 37.6 Å². The maximum Gasteiger partial charge on any atom is 0.261 e. The Morgan fingerprint density at radius 2 is 2.21 bits per heavy atom. The van der Waals surface area contributed by atoms with E-state index in [9.17, 15) is 4.79 Å². The van der Waals surface area contributed by atoms with Crippen LogP contribution in [0.15, 0.2) is 23.6 Å². The predicted octanol–water partition coefficient (Wildman–Crippen LogP) is 3.48. The first-order valence-electron chi connectivity index (χ1n) is 8.41. The van der Waals surface area contributed by atoms with Crippen LogP contribution in [0.2, 0.25) is 0 Å². The molecule has 3 heterocycles. The second kappa shape index (κ2) is 8.25. The van der Waals surface area contributed by atoms with Gasteiger partial charge in [0.05, 0.1) is 24.1 Å². The topological polar surface area (TPSA) is 41.6 Å². The van der Waals surface area contributed by atoms with E-state index in [0.29, 0.717) is 6.54 Å². The van der Waals surface area contributed by atoms with Crippen molar-refractivity contribution in [1.29, 1.82) is 0 Å². The minimum atomic E-state index is 0.0395. The van der Waals surface area contributed by atoms with Crippen molar-refractivity contribution < 1.29 is 9.53 Å². The summed E-state index contributed by atoms with van der Waals surface area (Å²) in [6, 6.07) is 6.46. The predicted molar refractivity (Wildman–Crippen MR) is 100 cm³/mol. The van der Waals surface area contributed by atoms with E-state index in [1.165, 1.54) is 15.3 Å². The summed E-state index contributed by atoms with van der Waals surface area (Å²) in [5.74, 6) is 0.0395. The monoisotopic (exact) mass is 364 g/mol. The molecule has 1 N–H and O–H groups in total. The molecule has 1 fully saturated rings. The fourth-order valence-corrected chi connectivity index (χ4v) is 4.93. The third-order valence-corrected chi connectivity index (χ3v) is 6.73. The summed E-state index contributed by atoms with van der Waals surface area (Å²) >= 11 is 3.36. The summed E-state index contributed by atoms with van der Waals surface area (Å²) in [5.41, 5.74) is 1.22. The fraction of sp³-hybridized carbons (Fsp3) is 0.500. The number of aryl methyl sites for hydroxylation is 2. The molecule has 0 aliphatic carbocycles. The van der Waals surface area contributed by atoms with Crippen molar-refractivity contribution in [2.24, 2.45) is 0 Å². The van der Waals surface area contributed by atoms with Gasteiger partial charge in [-0.25, -0.2) is 0 Å². The van der Waals surface area contributed by atoms with Gasteiger partial charge in [0.1, 0.15) is 0 Å². The lowest BCUT2D eigenvalue weighted by Gasteiger charge is -2.34. The molecule has 0 spiro atoms. The van der Waals surface area contributed by atoms with E-state index in [1.54, 1.807) is 22.7 Å². The van der Waals surface area contributed by atoms with Gasteiger partial charge in [-0.3, -0.25) is 9.69 Å². The Morgan fingerprint density at radius 1 is 1.42 bits per heavy atom. The van der Waals surface area contributed by atoms with Crippen LogP contribution in [0.4, 0.5) is 0 Å². The van der Waals surface area contributed by atoms with Gasteiger partial charge < -0.3 is 10.1 Å². The second-order valence-corrected chi connectivity index (χ2v) is 8.08. The van der Waals surface area contributed by atoms with Gasteiger partial charge in [0, 0.05) is 29.4 Å². The summed E-state index contributed by atoms with van der Waals surface area (Å²) in [5, 5.41) is 5.24. The van der Waals surface area contributed by atoms with Gasteiger partial charge in [0.2, 0.25) is 0 Å². The summed E-state index contributed by atoms with van der Waals surface area (Å²) in [7, 11) is 0. The van der Waals surface area contributed by atoms with Crippen molar-refractivity contribution >= 4 is 28.6 Å². The third-order valence-electron chi connectivity index (χ3n) is 4.38. The van der Waals surface area contributed by atoms with Crippen LogP contribution < -0.4 is 5.32 Å². The largest absolute Gasteiger partial charge is 0.379 e. The van der Waals surface area contributed by atoms with E-state index < -0.39 is 0 Å². The number of nitrogens with one attached hydrogen (secondary N) is 1. The van der Waals surface area contributed by atoms with Gasteiger partial charge in [-0.15, -0.1) is 22.7 Å². The highest BCUT2D eigenvalue weighted by atomic mass is 32.1. The maximum absolute atomic E-state index is 12.5. The van der Waals surface area contributed by atoms with E-state index >= 15 is 0 Å². The summed E-state index contributed by atoms with van der Waals surface area (Å²) in [6.07, 6.45) is 0.982. The molecule has 0 saturated carbocycles. The molecule has 1 amide bonds. The Bertz CT molecular complexity index is 661. The first-order valence-corrected chi connectivity index (χ1v) is 10.1. The molecule has 2 aromatic heterocycles. The number of ether oxygens (including phenoxy) is 1. The fourth-order valence-electron chi connectivity index (χ4n) is 3.04. The van der Waals surface area contributed by atoms with E-state index in [1.807, 2.05) is 6.07 Å². The Labute approximate surface area is 151 Å². The smallest absolute Gasteiger partial charge is 0.261 e. The highest BCUT2D eigenvalue weighted by Gasteiger charge is 2.24. The molecule has 3 rings (SSSR count). The molecule has 0 bridgehead atoms. The molecule has 1 aliphatic rings. The molecule has 0 aromatic carbocycles. The van der Waals surface area contributed by atoms with Gasteiger partial charge in [0.25, 0.3) is 5.91 Å². The van der Waals surface area contributed by atoms with Crippen LogP contribution in [0.3, 0.4) is 0 Å². The third kappa shape index (κ3) is 4.06. The SMILES string of the molecule is CCc1sc(C(=O)NCC(c2cccs2)N2CCOCC2)cc1C. The van der Waals surface area contributed by atoms with Crippen LogP contribution in [-0.4, -0.2) is 43.7 Å². The lowest BCUT2D eigenvalue weighted by atomic mass is 10.2. The molecule has 1 saturated heterocycles. The van der Waals surface area contributed by atoms with Crippen molar-refractivity contribution in [1.82, 2.24) is 10.2 Å². The number of morpholine rings is 1. The highest BCUT2D eigenvalue weighted by molar-refractivity contribution is 7.14. The highest BCUT2D eigenvalue weighted by Crippen LogP contribution is 2.26. The molecular weight excluding hydrogens is 340 g/mol. The van der Waals surface area contributed by atoms with Gasteiger partial charge in [-0.05, 0) is 36.4 Å². The number of thiophene rings is 2. The summed E-state index contributed by atoms with van der Waals surface area (Å²) in [6.45, 7) is 8.20. The Hall–Kier alpha value is -1.21. The van der Waals surface area contributed by atoms with E-state index in [4.69, 9.17) is 4.74 Å². The number of rotatable bonds is 6. The lowest BCUT2D eigenvalue weighted by Crippen LogP contribution is -2.43. The molecule has 24 heavy (non-hydrogen) atoms. The second-order valence-electron chi connectivity index (χ2n) is 5.96. The van der Waals surface area contributed by atoms with Gasteiger partial charge in [0.15, 0.2) is 0 Å². The van der Waals surface area contributed by atoms with Crippen molar-refractivity contribution in [3.63, 3.8) is 0 Å². The number of amides is 1. The normalized spacial score (nSPS) is 16.9. The Balaban J connectivity index is 1.67. The Morgan fingerprint density at radius 3 is 2.83 bits per heavy atom. The van der Waals surface area contributed by atoms with Crippen molar-refractivity contribution in [2.75, 3.05) is 32.8 Å². The van der Waals surface area contributed by atoms with Crippen molar-refractivity contribution in [3.8, 4) is 0 Å². The number of hydrogen-bond donors (Lipinski definition) is 1. The van der Waals surface area contributed by atoms with Crippen LogP contribution in [-0.2, 0) is 11.2 Å². The number of carbonyl (C=O) groups is 1. The van der Waals surface area contributed by atoms with E-state index in [2.05, 4.69) is 41.6 Å². The summed E-state index contributed by atoms with van der Waals surface area (Å²) in [4.78, 5) is 18.4. The number of hydrogen-bond acceptors (Lipinski definition) is 5. The van der Waals surface area contributed by atoms with Crippen LogP contribution >= 0.6 is 22.7 Å². The minimum absolute atomic E-state index is 0.0395. The summed E-state index contributed by atoms with van der Waals surface area (Å²) < 4.78 is 5.47. The van der Waals surface area contributed by atoms with E-state index in [-0.39, 0.29) is 11.9 Å². The first kappa shape index (κ1) is 17.6. The number of nitrogens with zero attached hydrogens (tertiary/aromatic N) is 1. The van der Waals surface area contributed by atoms with Crippen molar-refractivity contribution in [3.05, 3.63) is 43.8 Å². The Kier molecular flexibility index (Phi) is 6.05. The molecule has 0 radical (unpaired) electrons. The van der Waals surface area contributed by atoms with Gasteiger partial charge >= 0.3 is 0 Å². The molecule has 130 valence electrons. The van der Waals surface area contributed by atoms with Gasteiger partial charge in [-0.2, -0.15) is 0 Å². The van der Waals surface area contributed by atoms with Crippen LogP contribution in [0.25, 0.3) is 0 Å². The average molecular weight is 365 g/mol. The van der Waals surface area contributed by atoms with Crippen LogP contribution in [0, 0.1) is 6.92 Å². The van der Waals surface area contributed by atoms with Crippen LogP contribution in [0.1, 0.15) is 38.0 Å². The molecule has 1 unspecified atom stereocenters. The standard InChI is InChI=1S/C18H24N2O2S2/c1-3-15-13(2)11-17(24-15)18(21)19-12-14(16-5-4-10-23-16)20-6-8-22-9-7-20/h4-5,10-11,14H,3,6-9,12H2,1-2H3,(H,19,21). The molecule has 1 atom stereocenters. The van der Waals surface area contributed by atoms with Gasteiger partial charge in [-0.1, -0.05) is 13.0 Å². The minimum Gasteiger partial charge on any atom is -0.379 e. The van der Waals surface area contributed by atoms with Crippen molar-refractivity contribution in [2.45, 2.75) is 26.3 Å². The quantitative estimate of drug-likeness (QED) is 0.853. The molecule has 2 aromatic rings. The lowest BCUT2D eigenvalue weighted by molar-refractivity contribution is 0.0169. The molecular formula is C18H24N2O2S2. The zero-order chi connectivity index (χ0) is 16.9. The maximum atomic E-state index is 12.5. The zero-order valence-corrected chi connectivity index (χ0v) is 15.8. The van der Waals surface area contributed by atoms with Crippen LogP contribution in [0.5, 0.6) is 0 Å². The average Bonchev–Trinajstić information content (AvgIpc) is 3.25. The molecule has 6 heteroatoms. The number of carbonyl (C=O) groups excluding carboxylic acids is 1.